The number of fused-ring (bicyclic) bond motifs is 1. The summed E-state index contributed by atoms with van der Waals surface area (Å²) < 4.78 is 18.2. The average molecular weight is 404 g/mol. The van der Waals surface area contributed by atoms with E-state index < -0.39 is 7.12 Å². The number of rotatable bonds is 2. The fourth-order valence-corrected chi connectivity index (χ4v) is 3.19. The van der Waals surface area contributed by atoms with Crippen molar-refractivity contribution >= 4 is 40.1 Å². The standard InChI is InChI=1S/C17H12BBrClNO3/c19-13-3-1-2-12(8-13)18-22-9-15-16(10-23-18)24-21-17(15)11-4-6-14(20)7-5-11/h1-8H,9-10H2. The Kier molecular flexibility index (Phi) is 4.46. The molecule has 2 heterocycles. The molecule has 0 fully saturated rings. The highest BCUT2D eigenvalue weighted by molar-refractivity contribution is 9.10. The SMILES string of the molecule is Clc1ccc(-c2noc3c2COB(c2cccc(Br)c2)OC3)cc1. The molecule has 0 spiro atoms. The first kappa shape index (κ1) is 15.9. The third-order valence-corrected chi connectivity index (χ3v) is 4.60. The van der Waals surface area contributed by atoms with Gasteiger partial charge in [0.1, 0.15) is 5.69 Å². The van der Waals surface area contributed by atoms with E-state index in [-0.39, 0.29) is 0 Å². The maximum atomic E-state index is 5.95. The zero-order valence-corrected chi connectivity index (χ0v) is 14.9. The van der Waals surface area contributed by atoms with Gasteiger partial charge in [-0.25, -0.2) is 0 Å². The van der Waals surface area contributed by atoms with Crippen LogP contribution in [0.25, 0.3) is 11.3 Å². The lowest BCUT2D eigenvalue weighted by atomic mass is 9.79. The van der Waals surface area contributed by atoms with Crippen LogP contribution in [-0.2, 0) is 22.5 Å². The molecule has 0 N–H and O–H groups in total. The molecule has 0 bridgehead atoms. The third kappa shape index (κ3) is 3.15. The summed E-state index contributed by atoms with van der Waals surface area (Å²) >= 11 is 9.42. The van der Waals surface area contributed by atoms with E-state index in [2.05, 4.69) is 21.1 Å². The monoisotopic (exact) mass is 403 g/mol. The predicted molar refractivity (Wildman–Crippen MR) is 96.1 cm³/mol. The molecule has 0 saturated heterocycles. The Bertz CT molecular complexity index is 869. The van der Waals surface area contributed by atoms with Crippen molar-refractivity contribution in [1.29, 1.82) is 0 Å². The summed E-state index contributed by atoms with van der Waals surface area (Å²) in [6.07, 6.45) is 0. The van der Waals surface area contributed by atoms with Crippen molar-refractivity contribution in [3.05, 3.63) is 69.3 Å². The molecule has 24 heavy (non-hydrogen) atoms. The molecular formula is C17H12BBrClNO3. The molecular weight excluding hydrogens is 392 g/mol. The van der Waals surface area contributed by atoms with Crippen LogP contribution >= 0.6 is 27.5 Å². The van der Waals surface area contributed by atoms with Crippen LogP contribution in [0.3, 0.4) is 0 Å². The van der Waals surface area contributed by atoms with Crippen LogP contribution in [0, 0.1) is 0 Å². The normalized spacial score (nSPS) is 14.3. The Hall–Kier alpha value is -1.60. The summed E-state index contributed by atoms with van der Waals surface area (Å²) in [4.78, 5) is 0. The van der Waals surface area contributed by atoms with Gasteiger partial charge in [-0.05, 0) is 29.7 Å². The summed E-state index contributed by atoms with van der Waals surface area (Å²) in [5.74, 6) is 0.692. The van der Waals surface area contributed by atoms with Gasteiger partial charge in [0.25, 0.3) is 0 Å². The largest absolute Gasteiger partial charge is 0.494 e. The lowest BCUT2D eigenvalue weighted by Crippen LogP contribution is -2.35. The van der Waals surface area contributed by atoms with Crippen LogP contribution in [0.2, 0.25) is 5.02 Å². The van der Waals surface area contributed by atoms with E-state index in [0.717, 1.165) is 26.8 Å². The summed E-state index contributed by atoms with van der Waals surface area (Å²) in [5.41, 5.74) is 3.57. The topological polar surface area (TPSA) is 44.5 Å². The number of hydrogen-bond acceptors (Lipinski definition) is 4. The van der Waals surface area contributed by atoms with Gasteiger partial charge in [0.2, 0.25) is 0 Å². The van der Waals surface area contributed by atoms with Gasteiger partial charge in [0, 0.05) is 20.6 Å². The lowest BCUT2D eigenvalue weighted by molar-refractivity contribution is 0.195. The molecule has 0 atom stereocenters. The minimum absolute atomic E-state index is 0.313. The second kappa shape index (κ2) is 6.72. The molecule has 0 unspecified atom stereocenters. The van der Waals surface area contributed by atoms with E-state index in [0.29, 0.717) is 24.0 Å². The van der Waals surface area contributed by atoms with Crippen LogP contribution in [0.15, 0.2) is 57.5 Å². The van der Waals surface area contributed by atoms with E-state index in [1.165, 1.54) is 0 Å². The molecule has 0 amide bonds. The molecule has 1 aromatic heterocycles. The van der Waals surface area contributed by atoms with Crippen LogP contribution in [-0.4, -0.2) is 12.3 Å². The number of aromatic nitrogens is 1. The first-order chi connectivity index (χ1) is 11.7. The highest BCUT2D eigenvalue weighted by atomic mass is 79.9. The maximum Gasteiger partial charge on any atom is 0.494 e. The molecule has 2 aromatic carbocycles. The first-order valence-electron chi connectivity index (χ1n) is 7.43. The molecule has 120 valence electrons. The van der Waals surface area contributed by atoms with Gasteiger partial charge in [-0.15, -0.1) is 0 Å². The molecule has 4 nitrogen and oxygen atoms in total. The van der Waals surface area contributed by atoms with Crippen molar-refractivity contribution in [3.8, 4) is 11.3 Å². The van der Waals surface area contributed by atoms with Crippen LogP contribution in [0.4, 0.5) is 0 Å². The molecule has 0 saturated carbocycles. The minimum Gasteiger partial charge on any atom is -0.403 e. The van der Waals surface area contributed by atoms with Gasteiger partial charge in [-0.2, -0.15) is 0 Å². The minimum atomic E-state index is -0.442. The van der Waals surface area contributed by atoms with Gasteiger partial charge in [-0.3, -0.25) is 0 Å². The van der Waals surface area contributed by atoms with Crippen LogP contribution in [0.5, 0.6) is 0 Å². The zero-order valence-electron chi connectivity index (χ0n) is 12.5. The Balaban J connectivity index is 1.61. The Morgan fingerprint density at radius 1 is 1.04 bits per heavy atom. The van der Waals surface area contributed by atoms with Crippen molar-refractivity contribution in [2.75, 3.05) is 0 Å². The van der Waals surface area contributed by atoms with Crippen molar-refractivity contribution < 1.29 is 13.8 Å². The van der Waals surface area contributed by atoms with E-state index in [4.69, 9.17) is 25.4 Å². The van der Waals surface area contributed by atoms with Crippen molar-refractivity contribution in [1.82, 2.24) is 5.16 Å². The van der Waals surface area contributed by atoms with E-state index in [1.807, 2.05) is 48.5 Å². The Morgan fingerprint density at radius 3 is 2.62 bits per heavy atom. The Morgan fingerprint density at radius 2 is 1.83 bits per heavy atom. The fourth-order valence-electron chi connectivity index (χ4n) is 2.64. The first-order valence-corrected chi connectivity index (χ1v) is 8.60. The number of hydrogen-bond donors (Lipinski definition) is 0. The van der Waals surface area contributed by atoms with Crippen molar-refractivity contribution in [2.45, 2.75) is 13.2 Å². The fraction of sp³-hybridized carbons (Fsp3) is 0.118. The lowest BCUT2D eigenvalue weighted by Gasteiger charge is -2.11. The molecule has 4 rings (SSSR count). The summed E-state index contributed by atoms with van der Waals surface area (Å²) in [6.45, 7) is 0.682. The molecule has 0 aliphatic carbocycles. The van der Waals surface area contributed by atoms with Gasteiger partial charge in [-0.1, -0.05) is 57.0 Å². The van der Waals surface area contributed by atoms with Crippen LogP contribution in [0.1, 0.15) is 11.3 Å². The summed E-state index contributed by atoms with van der Waals surface area (Å²) in [5, 5.41) is 4.85. The van der Waals surface area contributed by atoms with Gasteiger partial charge in [0.05, 0.1) is 13.2 Å². The maximum absolute atomic E-state index is 5.95. The van der Waals surface area contributed by atoms with E-state index in [9.17, 15) is 0 Å². The van der Waals surface area contributed by atoms with E-state index in [1.54, 1.807) is 0 Å². The van der Waals surface area contributed by atoms with Gasteiger partial charge >= 0.3 is 7.12 Å². The summed E-state index contributed by atoms with van der Waals surface area (Å²) in [6, 6.07) is 15.4. The molecule has 1 aliphatic rings. The molecule has 3 aromatic rings. The molecule has 0 radical (unpaired) electrons. The smallest absolute Gasteiger partial charge is 0.403 e. The third-order valence-electron chi connectivity index (χ3n) is 3.85. The highest BCUT2D eigenvalue weighted by Gasteiger charge is 2.29. The Labute approximate surface area is 153 Å². The zero-order chi connectivity index (χ0) is 16.5. The number of nitrogens with zero attached hydrogens (tertiary/aromatic N) is 1. The number of halogens is 2. The predicted octanol–water partition coefficient (Wildman–Crippen LogP) is 4.20. The second-order valence-electron chi connectivity index (χ2n) is 5.45. The second-order valence-corrected chi connectivity index (χ2v) is 6.80. The average Bonchev–Trinajstić information content (AvgIpc) is 2.87. The van der Waals surface area contributed by atoms with Gasteiger partial charge < -0.3 is 13.8 Å². The van der Waals surface area contributed by atoms with E-state index >= 15 is 0 Å². The van der Waals surface area contributed by atoms with Gasteiger partial charge in [0.15, 0.2) is 5.76 Å². The van der Waals surface area contributed by atoms with Crippen molar-refractivity contribution in [3.63, 3.8) is 0 Å². The molecule has 7 heteroatoms. The molecule has 1 aliphatic heterocycles. The summed E-state index contributed by atoms with van der Waals surface area (Å²) in [7, 11) is -0.442. The highest BCUT2D eigenvalue weighted by Crippen LogP contribution is 2.29. The quantitative estimate of drug-likeness (QED) is 0.601. The van der Waals surface area contributed by atoms with Crippen molar-refractivity contribution in [2.24, 2.45) is 0 Å². The van der Waals surface area contributed by atoms with Crippen LogP contribution < -0.4 is 5.46 Å². The number of benzene rings is 2.